The van der Waals surface area contributed by atoms with Crippen molar-refractivity contribution in [1.82, 2.24) is 0 Å². The topological polar surface area (TPSA) is 35.5 Å². The molecule has 1 rings (SSSR count). The van der Waals surface area contributed by atoms with Gasteiger partial charge in [0.2, 0.25) is 0 Å². The maximum absolute atomic E-state index is 11.3. The van der Waals surface area contributed by atoms with Crippen LogP contribution in [0.3, 0.4) is 0 Å². The molecule has 80 valence electrons. The van der Waals surface area contributed by atoms with Gasteiger partial charge in [0.15, 0.2) is 6.10 Å². The molecule has 0 aliphatic carbocycles. The van der Waals surface area contributed by atoms with Crippen LogP contribution < -0.4 is 0 Å². The van der Waals surface area contributed by atoms with Crippen LogP contribution in [0.25, 0.3) is 0 Å². The highest BCUT2D eigenvalue weighted by Gasteiger charge is 2.19. The van der Waals surface area contributed by atoms with Crippen molar-refractivity contribution in [3.05, 3.63) is 42.8 Å². The van der Waals surface area contributed by atoms with Crippen LogP contribution in [0.4, 0.5) is 0 Å². The highest BCUT2D eigenvalue weighted by molar-refractivity contribution is 5.74. The van der Waals surface area contributed by atoms with E-state index < -0.39 is 6.10 Å². The van der Waals surface area contributed by atoms with Crippen LogP contribution in [0.2, 0.25) is 0 Å². The van der Waals surface area contributed by atoms with Crippen molar-refractivity contribution in [2.24, 2.45) is 0 Å². The standard InChI is InChI=1S/C12H14O3/c1-3-15-11(12(13)14-2)9-10-7-5-4-6-8-10/h4-7,11H,1,3,9H2,2H3. The molecule has 15 heavy (non-hydrogen) atoms. The third-order valence-electron chi connectivity index (χ3n) is 1.96. The Kier molecular flexibility index (Phi) is 4.84. The summed E-state index contributed by atoms with van der Waals surface area (Å²) in [7, 11) is 1.34. The fraction of sp³-hybridized carbons (Fsp3) is 0.333. The van der Waals surface area contributed by atoms with E-state index in [2.05, 4.69) is 17.7 Å². The van der Waals surface area contributed by atoms with Crippen molar-refractivity contribution >= 4 is 5.97 Å². The second-order valence-corrected chi connectivity index (χ2v) is 2.97. The van der Waals surface area contributed by atoms with Gasteiger partial charge in [0.25, 0.3) is 0 Å². The minimum absolute atomic E-state index is 0.243. The average Bonchev–Trinajstić information content (AvgIpc) is 2.29. The molecule has 0 aliphatic heterocycles. The van der Waals surface area contributed by atoms with Crippen molar-refractivity contribution in [3.63, 3.8) is 0 Å². The fourth-order valence-electron chi connectivity index (χ4n) is 1.24. The van der Waals surface area contributed by atoms with E-state index in [0.717, 1.165) is 5.56 Å². The lowest BCUT2D eigenvalue weighted by molar-refractivity contribution is -0.153. The summed E-state index contributed by atoms with van der Waals surface area (Å²) < 4.78 is 9.82. The molecule has 1 aromatic rings. The van der Waals surface area contributed by atoms with Gasteiger partial charge in [-0.1, -0.05) is 24.3 Å². The summed E-state index contributed by atoms with van der Waals surface area (Å²) in [4.78, 5) is 11.3. The van der Waals surface area contributed by atoms with Crippen molar-refractivity contribution in [1.29, 1.82) is 0 Å². The summed E-state index contributed by atoms with van der Waals surface area (Å²) in [6.07, 6.45) is -0.130. The molecule has 0 fully saturated rings. The van der Waals surface area contributed by atoms with Gasteiger partial charge in [-0.2, -0.15) is 0 Å². The van der Waals surface area contributed by atoms with Crippen LogP contribution in [0, 0.1) is 13.0 Å². The molecule has 1 aromatic carbocycles. The lowest BCUT2D eigenvalue weighted by Crippen LogP contribution is -2.28. The van der Waals surface area contributed by atoms with Gasteiger partial charge in [0.05, 0.1) is 7.11 Å². The van der Waals surface area contributed by atoms with E-state index in [4.69, 9.17) is 4.74 Å². The third-order valence-corrected chi connectivity index (χ3v) is 1.96. The minimum atomic E-state index is -0.592. The van der Waals surface area contributed by atoms with Crippen molar-refractivity contribution in [2.45, 2.75) is 12.5 Å². The fourth-order valence-corrected chi connectivity index (χ4v) is 1.24. The Hall–Kier alpha value is -1.35. The largest absolute Gasteiger partial charge is 0.467 e. The van der Waals surface area contributed by atoms with Gasteiger partial charge in [-0.05, 0) is 18.6 Å². The molecule has 0 heterocycles. The second kappa shape index (κ2) is 6.19. The molecule has 0 saturated heterocycles. The Morgan fingerprint density at radius 3 is 2.93 bits per heavy atom. The molecule has 0 bridgehead atoms. The molecule has 3 heteroatoms. The molecular weight excluding hydrogens is 192 g/mol. The van der Waals surface area contributed by atoms with Crippen LogP contribution in [0.15, 0.2) is 24.3 Å². The zero-order chi connectivity index (χ0) is 11.1. The zero-order valence-electron chi connectivity index (χ0n) is 8.73. The number of hydrogen-bond acceptors (Lipinski definition) is 3. The average molecular weight is 206 g/mol. The van der Waals surface area contributed by atoms with E-state index >= 15 is 0 Å². The maximum Gasteiger partial charge on any atom is 0.335 e. The number of ether oxygens (including phenoxy) is 2. The maximum atomic E-state index is 11.3. The summed E-state index contributed by atoms with van der Waals surface area (Å²) >= 11 is 0. The van der Waals surface area contributed by atoms with Crippen molar-refractivity contribution < 1.29 is 14.3 Å². The first-order valence-corrected chi connectivity index (χ1v) is 4.72. The quantitative estimate of drug-likeness (QED) is 0.683. The second-order valence-electron chi connectivity index (χ2n) is 2.97. The van der Waals surface area contributed by atoms with E-state index in [0.29, 0.717) is 6.42 Å². The Morgan fingerprint density at radius 2 is 2.40 bits per heavy atom. The van der Waals surface area contributed by atoms with E-state index in [1.54, 1.807) is 6.07 Å². The molecule has 1 unspecified atom stereocenters. The number of benzene rings is 1. The highest BCUT2D eigenvalue weighted by Crippen LogP contribution is 2.06. The number of rotatable bonds is 5. The number of methoxy groups -OCH3 is 1. The van der Waals surface area contributed by atoms with Gasteiger partial charge in [0, 0.05) is 13.0 Å². The zero-order valence-corrected chi connectivity index (χ0v) is 8.73. The van der Waals surface area contributed by atoms with Gasteiger partial charge in [0.1, 0.15) is 0 Å². The lowest BCUT2D eigenvalue weighted by atomic mass is 10.1. The first kappa shape index (κ1) is 11.7. The summed E-state index contributed by atoms with van der Waals surface area (Å²) in [6, 6.07) is 10.5. The number of hydrogen-bond donors (Lipinski definition) is 0. The molecule has 0 saturated carbocycles. The molecule has 0 amide bonds. The van der Waals surface area contributed by atoms with Crippen LogP contribution in [-0.4, -0.2) is 25.8 Å². The van der Waals surface area contributed by atoms with Gasteiger partial charge in [-0.25, -0.2) is 4.79 Å². The van der Waals surface area contributed by atoms with E-state index in [-0.39, 0.29) is 12.6 Å². The molecule has 2 radical (unpaired) electrons. The van der Waals surface area contributed by atoms with Crippen LogP contribution in [-0.2, 0) is 20.7 Å². The van der Waals surface area contributed by atoms with Crippen LogP contribution in [0.5, 0.6) is 0 Å². The van der Waals surface area contributed by atoms with Crippen molar-refractivity contribution in [2.75, 3.05) is 13.7 Å². The molecule has 1 atom stereocenters. The molecule has 0 aromatic heterocycles. The van der Waals surface area contributed by atoms with E-state index in [9.17, 15) is 4.79 Å². The molecule has 0 N–H and O–H groups in total. The SMILES string of the molecule is [CH2]COC(Cc1[c]cccc1)C(=O)OC. The smallest absolute Gasteiger partial charge is 0.335 e. The third kappa shape index (κ3) is 3.72. The Balaban J connectivity index is 2.62. The number of esters is 1. The first-order valence-electron chi connectivity index (χ1n) is 4.72. The minimum Gasteiger partial charge on any atom is -0.467 e. The predicted octanol–water partition coefficient (Wildman–Crippen LogP) is 1.42. The van der Waals surface area contributed by atoms with Crippen LogP contribution >= 0.6 is 0 Å². The van der Waals surface area contributed by atoms with Crippen LogP contribution in [0.1, 0.15) is 5.56 Å². The molecule has 3 nitrogen and oxygen atoms in total. The summed E-state index contributed by atoms with van der Waals surface area (Å²) in [5.74, 6) is -0.379. The van der Waals surface area contributed by atoms with E-state index in [1.165, 1.54) is 7.11 Å². The van der Waals surface area contributed by atoms with E-state index in [1.807, 2.05) is 18.2 Å². The van der Waals surface area contributed by atoms with Gasteiger partial charge >= 0.3 is 5.97 Å². The monoisotopic (exact) mass is 206 g/mol. The van der Waals surface area contributed by atoms with Gasteiger partial charge in [-0.3, -0.25) is 0 Å². The van der Waals surface area contributed by atoms with Crippen molar-refractivity contribution in [3.8, 4) is 0 Å². The summed E-state index contributed by atoms with van der Waals surface area (Å²) in [5, 5.41) is 0. The lowest BCUT2D eigenvalue weighted by Gasteiger charge is -2.14. The predicted molar refractivity (Wildman–Crippen MR) is 56.1 cm³/mol. The van der Waals surface area contributed by atoms with Gasteiger partial charge in [-0.15, -0.1) is 0 Å². The number of carbonyl (C=O) groups excluding carboxylic acids is 1. The molecular formula is C12H14O3. The Bertz CT molecular complexity index is 295. The molecule has 0 aliphatic rings. The summed E-state index contributed by atoms with van der Waals surface area (Å²) in [5.41, 5.74) is 0.918. The summed E-state index contributed by atoms with van der Waals surface area (Å²) in [6.45, 7) is 3.79. The van der Waals surface area contributed by atoms with Gasteiger partial charge < -0.3 is 9.47 Å². The first-order chi connectivity index (χ1) is 7.27. The molecule has 0 spiro atoms. The highest BCUT2D eigenvalue weighted by atomic mass is 16.6. The normalized spacial score (nSPS) is 12.1. The Labute approximate surface area is 90.0 Å². The number of carbonyl (C=O) groups is 1. The Morgan fingerprint density at radius 1 is 1.60 bits per heavy atom.